The first-order valence-corrected chi connectivity index (χ1v) is 16.1. The lowest BCUT2D eigenvalue weighted by Gasteiger charge is -2.46. The van der Waals surface area contributed by atoms with Crippen molar-refractivity contribution < 1.29 is 103 Å². The number of hydrogen-bond acceptors (Lipinski definition) is 20. The normalized spacial score (nSPS) is 41.6. The summed E-state index contributed by atoms with van der Waals surface area (Å²) in [5.41, 5.74) is 0. The fraction of sp³-hybridized carbons (Fsp3) is 0.958. The van der Waals surface area contributed by atoms with E-state index in [0.717, 1.165) is 0 Å². The number of phosphoric ester groups is 1. The summed E-state index contributed by atoms with van der Waals surface area (Å²) in [7, 11) is -5.05. The molecule has 0 aromatic carbocycles. The Labute approximate surface area is 267 Å². The van der Waals surface area contributed by atoms with Gasteiger partial charge in [0, 0.05) is 13.0 Å². The lowest BCUT2D eigenvalue weighted by Crippen LogP contribution is -2.65. The number of unbranched alkanes of at least 4 members (excludes halogenated alkanes) is 1. The minimum absolute atomic E-state index is 0.0246. The zero-order chi connectivity index (χ0) is 35.1. The largest absolute Gasteiger partial charge is 0.469 e. The second kappa shape index (κ2) is 18.4. The molecule has 3 rings (SSSR count). The van der Waals surface area contributed by atoms with E-state index in [1.165, 1.54) is 0 Å². The summed E-state index contributed by atoms with van der Waals surface area (Å²) >= 11 is 0. The zero-order valence-corrected chi connectivity index (χ0v) is 25.7. The number of carbonyl (C=O) groups excluding carboxylic acids is 1. The molecule has 0 amide bonds. The third kappa shape index (κ3) is 11.0. The van der Waals surface area contributed by atoms with Crippen LogP contribution in [0.25, 0.3) is 0 Å². The molecule has 0 aromatic rings. The molecule has 22 nitrogen and oxygen atoms in total. The summed E-state index contributed by atoms with van der Waals surface area (Å²) in [6, 6.07) is 0. The van der Waals surface area contributed by atoms with Crippen molar-refractivity contribution in [3.05, 3.63) is 0 Å². The molecule has 0 bridgehead atoms. The average Bonchev–Trinajstić information content (AvgIpc) is 3.02. The van der Waals surface area contributed by atoms with E-state index in [-0.39, 0.29) is 25.4 Å². The lowest BCUT2D eigenvalue weighted by molar-refractivity contribution is -0.372. The third-order valence-corrected chi connectivity index (χ3v) is 8.15. The van der Waals surface area contributed by atoms with Crippen LogP contribution in [-0.2, 0) is 47.1 Å². The van der Waals surface area contributed by atoms with Gasteiger partial charge in [0.2, 0.25) is 0 Å². The number of ketones is 1. The molecule has 0 spiro atoms. The summed E-state index contributed by atoms with van der Waals surface area (Å²) in [6.45, 7) is -2.73. The van der Waals surface area contributed by atoms with Crippen LogP contribution in [0.1, 0.15) is 19.3 Å². The Morgan fingerprint density at radius 2 is 1.23 bits per heavy atom. The highest BCUT2D eigenvalue weighted by molar-refractivity contribution is 7.46. The Kier molecular flexibility index (Phi) is 15.8. The predicted molar refractivity (Wildman–Crippen MR) is 145 cm³/mol. The molecule has 23 heteroatoms. The van der Waals surface area contributed by atoms with Crippen molar-refractivity contribution in [2.24, 2.45) is 5.90 Å². The second-order valence-corrected chi connectivity index (χ2v) is 12.4. The fourth-order valence-electron chi connectivity index (χ4n) is 5.00. The van der Waals surface area contributed by atoms with Crippen LogP contribution in [0.4, 0.5) is 0 Å². The van der Waals surface area contributed by atoms with Gasteiger partial charge in [0.1, 0.15) is 79.9 Å². The number of hydrogen-bond donors (Lipinski definition) is 12. The van der Waals surface area contributed by atoms with Crippen LogP contribution in [0, 0.1) is 0 Å². The summed E-state index contributed by atoms with van der Waals surface area (Å²) in [5.74, 6) is 4.61. The Morgan fingerprint density at radius 3 is 1.83 bits per heavy atom. The van der Waals surface area contributed by atoms with Crippen molar-refractivity contribution in [2.75, 3.05) is 33.0 Å². The highest BCUT2D eigenvalue weighted by atomic mass is 31.2. The average molecular weight is 714 g/mol. The topological polar surface area (TPSA) is 357 Å². The van der Waals surface area contributed by atoms with Crippen LogP contribution in [0.15, 0.2) is 0 Å². The number of phosphoric acid groups is 1. The molecule has 276 valence electrons. The SMILES string of the molecule is NOCC(=O)CCCCO[C@H]1OC(CO[C@H]2OC(CO)[C@@H](O)[C@H](O)C2O[C@H]2OC(COP(=O)(O)O)[C@@H](O)[C@H](O)C2O)[C@@H](O)[C@H](O)C1O. The molecular formula is C24H44NO21P. The van der Waals surface area contributed by atoms with Crippen LogP contribution >= 0.6 is 7.82 Å². The molecule has 3 fully saturated rings. The molecule has 6 unspecified atom stereocenters. The minimum atomic E-state index is -5.05. The first-order valence-electron chi connectivity index (χ1n) is 14.5. The number of aliphatic hydroxyl groups excluding tert-OH is 9. The zero-order valence-electron chi connectivity index (χ0n) is 24.8. The van der Waals surface area contributed by atoms with E-state index in [9.17, 15) is 55.3 Å². The summed E-state index contributed by atoms with van der Waals surface area (Å²) < 4.78 is 48.4. The minimum Gasteiger partial charge on any atom is -0.394 e. The monoisotopic (exact) mass is 713 g/mol. The van der Waals surface area contributed by atoms with E-state index < -0.39 is 120 Å². The van der Waals surface area contributed by atoms with Crippen molar-refractivity contribution in [1.29, 1.82) is 0 Å². The molecule has 3 aliphatic heterocycles. The third-order valence-electron chi connectivity index (χ3n) is 7.66. The van der Waals surface area contributed by atoms with Crippen molar-refractivity contribution in [3.8, 4) is 0 Å². The summed E-state index contributed by atoms with van der Waals surface area (Å²) in [6.07, 6.45) is -25.5. The molecule has 0 radical (unpaired) electrons. The maximum absolute atomic E-state index is 11.5. The van der Waals surface area contributed by atoms with Gasteiger partial charge >= 0.3 is 7.82 Å². The quantitative estimate of drug-likeness (QED) is 0.0378. The second-order valence-electron chi connectivity index (χ2n) is 11.1. The summed E-state index contributed by atoms with van der Waals surface area (Å²) in [4.78, 5) is 33.7. The van der Waals surface area contributed by atoms with E-state index in [2.05, 4.69) is 9.36 Å². The molecule has 0 saturated carbocycles. The molecule has 0 aliphatic carbocycles. The highest BCUT2D eigenvalue weighted by Crippen LogP contribution is 2.37. The van der Waals surface area contributed by atoms with Gasteiger partial charge in [-0.05, 0) is 12.8 Å². The van der Waals surface area contributed by atoms with Gasteiger partial charge < -0.3 is 84.2 Å². The van der Waals surface area contributed by atoms with E-state index in [1.54, 1.807) is 0 Å². The first-order chi connectivity index (χ1) is 22.1. The van der Waals surface area contributed by atoms with Gasteiger partial charge in [0.05, 0.1) is 19.8 Å². The van der Waals surface area contributed by atoms with Crippen LogP contribution < -0.4 is 5.90 Å². The lowest BCUT2D eigenvalue weighted by atomic mass is 9.97. The first kappa shape index (κ1) is 40.5. The van der Waals surface area contributed by atoms with Crippen LogP contribution in [0.3, 0.4) is 0 Å². The van der Waals surface area contributed by atoms with Crippen molar-refractivity contribution in [3.63, 3.8) is 0 Å². The Hall–Kier alpha value is -0.900. The molecule has 0 aromatic heterocycles. The molecule has 15 atom stereocenters. The van der Waals surface area contributed by atoms with E-state index in [0.29, 0.717) is 12.8 Å². The maximum atomic E-state index is 11.5. The van der Waals surface area contributed by atoms with Gasteiger partial charge in [-0.15, -0.1) is 0 Å². The maximum Gasteiger partial charge on any atom is 0.469 e. The van der Waals surface area contributed by atoms with Crippen LogP contribution in [0.2, 0.25) is 0 Å². The van der Waals surface area contributed by atoms with Gasteiger partial charge in [-0.25, -0.2) is 10.5 Å². The molecule has 13 N–H and O–H groups in total. The highest BCUT2D eigenvalue weighted by Gasteiger charge is 2.52. The standard InChI is InChI=1S/C24H44NO21P/c25-41-6-9(27)3-1-2-4-39-22-19(34)16(31)14(29)11(44-22)7-40-24-21(18(33)13(28)10(5-26)43-24)46-23-20(35)17(32)15(30)12(45-23)8-42-47(36,37)38/h10-24,26,28-35H,1-8,25H2,(H2,36,37,38)/t10?,11?,12?,13-,14-,15-,16+,17+,18+,19?,20?,21?,22+,23-,24+/m1/s1. The number of nitrogens with two attached hydrogens (primary N) is 1. The Balaban J connectivity index is 1.67. The number of carbonyl (C=O) groups is 1. The van der Waals surface area contributed by atoms with E-state index in [1.807, 2.05) is 0 Å². The van der Waals surface area contributed by atoms with Gasteiger partial charge in [-0.3, -0.25) is 14.2 Å². The van der Waals surface area contributed by atoms with Crippen LogP contribution in [0.5, 0.6) is 0 Å². The Bertz CT molecular complexity index is 1010. The Morgan fingerprint density at radius 1 is 0.681 bits per heavy atom. The number of ether oxygens (including phenoxy) is 6. The molecule has 3 saturated heterocycles. The molecular weight excluding hydrogens is 669 g/mol. The van der Waals surface area contributed by atoms with Crippen molar-refractivity contribution in [1.82, 2.24) is 0 Å². The van der Waals surface area contributed by atoms with Crippen molar-refractivity contribution in [2.45, 2.75) is 111 Å². The van der Waals surface area contributed by atoms with Gasteiger partial charge in [0.15, 0.2) is 24.7 Å². The van der Waals surface area contributed by atoms with E-state index >= 15 is 0 Å². The molecule has 3 aliphatic rings. The number of Topliss-reactive ketones (excluding diaryl/α,β-unsaturated/α-hetero) is 1. The fourth-order valence-corrected chi connectivity index (χ4v) is 5.34. The number of rotatable bonds is 17. The smallest absolute Gasteiger partial charge is 0.394 e. The number of aliphatic hydroxyl groups is 9. The summed E-state index contributed by atoms with van der Waals surface area (Å²) in [5, 5.41) is 93.0. The van der Waals surface area contributed by atoms with Crippen LogP contribution in [-0.4, -0.2) is 187 Å². The predicted octanol–water partition coefficient (Wildman–Crippen LogP) is -6.80. The van der Waals surface area contributed by atoms with Crippen molar-refractivity contribution >= 4 is 13.6 Å². The van der Waals surface area contributed by atoms with E-state index in [4.69, 9.17) is 44.1 Å². The van der Waals surface area contributed by atoms with Gasteiger partial charge in [0.25, 0.3) is 0 Å². The molecule has 3 heterocycles. The van der Waals surface area contributed by atoms with Gasteiger partial charge in [-0.1, -0.05) is 0 Å². The molecule has 47 heavy (non-hydrogen) atoms. The van der Waals surface area contributed by atoms with Gasteiger partial charge in [-0.2, -0.15) is 0 Å².